The van der Waals surface area contributed by atoms with Crippen LogP contribution < -0.4 is 5.32 Å². The zero-order valence-corrected chi connectivity index (χ0v) is 21.9. The van der Waals surface area contributed by atoms with Crippen LogP contribution in [-0.2, 0) is 29.2 Å². The van der Waals surface area contributed by atoms with E-state index in [1.54, 1.807) is 0 Å². The Morgan fingerprint density at radius 2 is 1.76 bits per heavy atom. The van der Waals surface area contributed by atoms with E-state index >= 15 is 0 Å². The van der Waals surface area contributed by atoms with Gasteiger partial charge in [-0.05, 0) is 23.1 Å². The van der Waals surface area contributed by atoms with Crippen LogP contribution in [0, 0.1) is 5.92 Å². The summed E-state index contributed by atoms with van der Waals surface area (Å²) in [6, 6.07) is 19.1. The average molecular weight is 565 g/mol. The smallest absolute Gasteiger partial charge is 0.193 e. The molecule has 0 aromatic heterocycles. The molecule has 1 N–H and O–H groups in total. The highest BCUT2D eigenvalue weighted by Crippen LogP contribution is 2.18. The van der Waals surface area contributed by atoms with Gasteiger partial charge < -0.3 is 19.7 Å². The molecule has 0 radical (unpaired) electrons. The van der Waals surface area contributed by atoms with Gasteiger partial charge in [0.2, 0.25) is 0 Å². The van der Waals surface area contributed by atoms with Gasteiger partial charge in [-0.25, -0.2) is 0 Å². The fraction of sp³-hybridized carbons (Fsp3) is 0.500. The van der Waals surface area contributed by atoms with E-state index < -0.39 is 0 Å². The van der Waals surface area contributed by atoms with Gasteiger partial charge in [-0.2, -0.15) is 0 Å². The number of hydrogen-bond acceptors (Lipinski definition) is 4. The molecule has 2 aromatic carbocycles. The van der Waals surface area contributed by atoms with Crippen molar-refractivity contribution in [2.24, 2.45) is 10.9 Å². The van der Waals surface area contributed by atoms with Crippen molar-refractivity contribution in [1.29, 1.82) is 0 Å². The van der Waals surface area contributed by atoms with Crippen molar-refractivity contribution >= 4 is 29.9 Å². The monoisotopic (exact) mass is 564 g/mol. The first-order chi connectivity index (χ1) is 15.8. The lowest BCUT2D eigenvalue weighted by Gasteiger charge is -2.28. The lowest BCUT2D eigenvalue weighted by molar-refractivity contribution is 0.0341. The standard InChI is InChI=1S/C26H36N4O2.HI/c1-27-26(30-12-11-23(18-30)21-32-20-22-7-3-2-4-8-22)28-17-24-9-5-6-10-25(24)19-29-13-15-31-16-14-29;/h2-10,23H,11-21H2,1H3,(H,27,28);1H. The highest BCUT2D eigenvalue weighted by molar-refractivity contribution is 14.0. The first-order valence-electron chi connectivity index (χ1n) is 11.8. The molecule has 2 aromatic rings. The summed E-state index contributed by atoms with van der Waals surface area (Å²) in [7, 11) is 1.88. The van der Waals surface area contributed by atoms with E-state index in [0.717, 1.165) is 71.5 Å². The van der Waals surface area contributed by atoms with Crippen molar-refractivity contribution in [1.82, 2.24) is 15.1 Å². The minimum absolute atomic E-state index is 0. The molecule has 6 nitrogen and oxygen atoms in total. The topological polar surface area (TPSA) is 49.3 Å². The maximum absolute atomic E-state index is 5.98. The van der Waals surface area contributed by atoms with Crippen LogP contribution in [0.5, 0.6) is 0 Å². The molecular formula is C26H37IN4O2. The number of nitrogens with zero attached hydrogens (tertiary/aromatic N) is 3. The lowest BCUT2D eigenvalue weighted by Crippen LogP contribution is -2.40. The number of halogens is 1. The Labute approximate surface area is 215 Å². The summed E-state index contributed by atoms with van der Waals surface area (Å²) in [6.07, 6.45) is 1.14. The molecule has 7 heteroatoms. The molecule has 33 heavy (non-hydrogen) atoms. The van der Waals surface area contributed by atoms with Crippen LogP contribution >= 0.6 is 24.0 Å². The third-order valence-corrected chi connectivity index (χ3v) is 6.32. The second-order valence-electron chi connectivity index (χ2n) is 8.66. The third-order valence-electron chi connectivity index (χ3n) is 6.32. The number of hydrogen-bond donors (Lipinski definition) is 1. The Balaban J connectivity index is 0.00000306. The van der Waals surface area contributed by atoms with Gasteiger partial charge in [0, 0.05) is 52.2 Å². The van der Waals surface area contributed by atoms with E-state index in [2.05, 4.69) is 68.6 Å². The Kier molecular flexibility index (Phi) is 10.9. The predicted molar refractivity (Wildman–Crippen MR) is 144 cm³/mol. The minimum Gasteiger partial charge on any atom is -0.379 e. The van der Waals surface area contributed by atoms with Crippen LogP contribution in [0.3, 0.4) is 0 Å². The van der Waals surface area contributed by atoms with Gasteiger partial charge in [0.1, 0.15) is 0 Å². The first-order valence-corrected chi connectivity index (χ1v) is 11.8. The third kappa shape index (κ3) is 7.95. The molecule has 2 fully saturated rings. The maximum Gasteiger partial charge on any atom is 0.193 e. The number of benzene rings is 2. The number of guanidine groups is 1. The number of aliphatic imine (C=N–C) groups is 1. The molecule has 0 saturated carbocycles. The van der Waals surface area contributed by atoms with Crippen LogP contribution in [0.25, 0.3) is 0 Å². The quantitative estimate of drug-likeness (QED) is 0.301. The second-order valence-corrected chi connectivity index (χ2v) is 8.66. The normalized spacial score (nSPS) is 19.4. The van der Waals surface area contributed by atoms with Crippen LogP contribution in [-0.4, -0.2) is 68.8 Å². The molecule has 2 aliphatic rings. The van der Waals surface area contributed by atoms with Gasteiger partial charge in [0.25, 0.3) is 0 Å². The van der Waals surface area contributed by atoms with Gasteiger partial charge in [-0.15, -0.1) is 24.0 Å². The number of likely N-dealkylation sites (tertiary alicyclic amines) is 1. The molecular weight excluding hydrogens is 527 g/mol. The van der Waals surface area contributed by atoms with E-state index in [1.165, 1.54) is 16.7 Å². The van der Waals surface area contributed by atoms with Gasteiger partial charge >= 0.3 is 0 Å². The predicted octanol–water partition coefficient (Wildman–Crippen LogP) is 3.75. The fourth-order valence-electron chi connectivity index (χ4n) is 4.47. The molecule has 2 aliphatic heterocycles. The van der Waals surface area contributed by atoms with Crippen molar-refractivity contribution in [2.75, 3.05) is 53.0 Å². The fourth-order valence-corrected chi connectivity index (χ4v) is 4.47. The summed E-state index contributed by atoms with van der Waals surface area (Å²) in [4.78, 5) is 9.39. The minimum atomic E-state index is 0. The van der Waals surface area contributed by atoms with E-state index in [1.807, 2.05) is 13.1 Å². The lowest BCUT2D eigenvalue weighted by atomic mass is 10.1. The Morgan fingerprint density at radius 1 is 1.03 bits per heavy atom. The summed E-state index contributed by atoms with van der Waals surface area (Å²) >= 11 is 0. The molecule has 4 rings (SSSR count). The summed E-state index contributed by atoms with van der Waals surface area (Å²) in [5.74, 6) is 1.53. The van der Waals surface area contributed by atoms with Crippen molar-refractivity contribution in [3.05, 3.63) is 71.3 Å². The Morgan fingerprint density at radius 3 is 2.52 bits per heavy atom. The van der Waals surface area contributed by atoms with Crippen LogP contribution in [0.15, 0.2) is 59.6 Å². The van der Waals surface area contributed by atoms with Crippen LogP contribution in [0.2, 0.25) is 0 Å². The van der Waals surface area contributed by atoms with Crippen molar-refractivity contribution in [3.8, 4) is 0 Å². The molecule has 0 amide bonds. The van der Waals surface area contributed by atoms with Crippen LogP contribution in [0.4, 0.5) is 0 Å². The molecule has 0 aliphatic carbocycles. The Hall–Kier alpha value is -1.68. The molecule has 1 unspecified atom stereocenters. The number of morpholine rings is 1. The highest BCUT2D eigenvalue weighted by Gasteiger charge is 2.25. The molecule has 2 heterocycles. The largest absolute Gasteiger partial charge is 0.379 e. The van der Waals surface area contributed by atoms with Crippen molar-refractivity contribution < 1.29 is 9.47 Å². The SMILES string of the molecule is CN=C(NCc1ccccc1CN1CCOCC1)N1CCC(COCc2ccccc2)C1.I. The molecule has 0 spiro atoms. The summed E-state index contributed by atoms with van der Waals surface area (Å²) in [6.45, 7) is 8.93. The van der Waals surface area contributed by atoms with Gasteiger partial charge in [0.15, 0.2) is 5.96 Å². The van der Waals surface area contributed by atoms with Gasteiger partial charge in [-0.1, -0.05) is 54.6 Å². The Bertz CT molecular complexity index is 858. The molecule has 0 bridgehead atoms. The van der Waals surface area contributed by atoms with E-state index in [9.17, 15) is 0 Å². The zero-order valence-electron chi connectivity index (χ0n) is 19.6. The molecule has 180 valence electrons. The highest BCUT2D eigenvalue weighted by atomic mass is 127. The summed E-state index contributed by atoms with van der Waals surface area (Å²) in [5, 5.41) is 3.60. The van der Waals surface area contributed by atoms with E-state index in [-0.39, 0.29) is 24.0 Å². The van der Waals surface area contributed by atoms with Crippen molar-refractivity contribution in [3.63, 3.8) is 0 Å². The summed E-state index contributed by atoms with van der Waals surface area (Å²) in [5.41, 5.74) is 3.95. The second kappa shape index (κ2) is 13.9. The maximum atomic E-state index is 5.98. The summed E-state index contributed by atoms with van der Waals surface area (Å²) < 4.78 is 11.5. The number of nitrogens with one attached hydrogen (secondary N) is 1. The van der Waals surface area contributed by atoms with Gasteiger partial charge in [0.05, 0.1) is 26.4 Å². The van der Waals surface area contributed by atoms with Gasteiger partial charge in [-0.3, -0.25) is 9.89 Å². The molecule has 1 atom stereocenters. The zero-order chi connectivity index (χ0) is 22.0. The van der Waals surface area contributed by atoms with E-state index in [4.69, 9.17) is 9.47 Å². The van der Waals surface area contributed by atoms with E-state index in [0.29, 0.717) is 12.5 Å². The number of ether oxygens (including phenoxy) is 2. The van der Waals surface area contributed by atoms with Crippen LogP contribution in [0.1, 0.15) is 23.1 Å². The average Bonchev–Trinajstić information content (AvgIpc) is 3.30. The number of rotatable bonds is 8. The van der Waals surface area contributed by atoms with Crippen molar-refractivity contribution in [2.45, 2.75) is 26.1 Å². The first kappa shape index (κ1) is 25.9. The molecule has 2 saturated heterocycles.